The van der Waals surface area contributed by atoms with Gasteiger partial charge in [0, 0.05) is 37.6 Å². The Bertz CT molecular complexity index is 1200. The first-order chi connectivity index (χ1) is 14.3. The highest BCUT2D eigenvalue weighted by atomic mass is 35.5. The van der Waals surface area contributed by atoms with Crippen LogP contribution in [0, 0.1) is 5.82 Å². The van der Waals surface area contributed by atoms with Crippen molar-refractivity contribution in [1.82, 2.24) is 9.21 Å². The number of fused-ring (bicyclic) bond motifs is 1. The Morgan fingerprint density at radius 2 is 1.80 bits per heavy atom. The van der Waals surface area contributed by atoms with Crippen molar-refractivity contribution in [2.75, 3.05) is 26.2 Å². The molecule has 1 aliphatic heterocycles. The van der Waals surface area contributed by atoms with E-state index in [2.05, 4.69) is 0 Å². The lowest BCUT2D eigenvalue weighted by atomic mass is 10.2. The Morgan fingerprint density at radius 1 is 1.07 bits per heavy atom. The van der Waals surface area contributed by atoms with Gasteiger partial charge in [0.1, 0.15) is 17.2 Å². The van der Waals surface area contributed by atoms with Crippen LogP contribution in [0.2, 0.25) is 5.02 Å². The van der Waals surface area contributed by atoms with E-state index in [1.165, 1.54) is 16.4 Å². The lowest BCUT2D eigenvalue weighted by molar-refractivity contribution is -0.127. The summed E-state index contributed by atoms with van der Waals surface area (Å²) in [5.74, 6) is -0.335. The molecule has 1 aromatic heterocycles. The van der Waals surface area contributed by atoms with Gasteiger partial charge < -0.3 is 9.32 Å². The number of halogens is 2. The maximum absolute atomic E-state index is 13.3. The fourth-order valence-electron chi connectivity index (χ4n) is 3.28. The molecule has 3 aromatic rings. The highest BCUT2D eigenvalue weighted by Crippen LogP contribution is 2.23. The SMILES string of the molecule is O=C(/C=C/c1cc2ccccc2o1)N1CCN(S(=O)(=O)c2ccc(F)c(Cl)c2)CC1. The number of amides is 1. The third-order valence-corrected chi connectivity index (χ3v) is 7.10. The summed E-state index contributed by atoms with van der Waals surface area (Å²) < 4.78 is 45.7. The number of piperazine rings is 1. The van der Waals surface area contributed by atoms with Crippen LogP contribution in [-0.2, 0) is 14.8 Å². The fourth-order valence-corrected chi connectivity index (χ4v) is 4.97. The fraction of sp³-hybridized carbons (Fsp3) is 0.190. The zero-order valence-corrected chi connectivity index (χ0v) is 17.4. The molecule has 6 nitrogen and oxygen atoms in total. The minimum Gasteiger partial charge on any atom is -0.457 e. The number of hydrogen-bond donors (Lipinski definition) is 0. The van der Waals surface area contributed by atoms with Crippen molar-refractivity contribution in [3.63, 3.8) is 0 Å². The van der Waals surface area contributed by atoms with Gasteiger partial charge in [0.15, 0.2) is 0 Å². The first-order valence-electron chi connectivity index (χ1n) is 9.25. The number of carbonyl (C=O) groups is 1. The van der Waals surface area contributed by atoms with E-state index in [1.807, 2.05) is 30.3 Å². The van der Waals surface area contributed by atoms with E-state index in [-0.39, 0.29) is 42.0 Å². The number of nitrogens with zero attached hydrogens (tertiary/aromatic N) is 2. The van der Waals surface area contributed by atoms with Crippen LogP contribution in [0.1, 0.15) is 5.76 Å². The number of furan rings is 1. The molecule has 1 saturated heterocycles. The van der Waals surface area contributed by atoms with Crippen LogP contribution in [0.3, 0.4) is 0 Å². The van der Waals surface area contributed by atoms with E-state index in [0.29, 0.717) is 5.76 Å². The summed E-state index contributed by atoms with van der Waals surface area (Å²) in [4.78, 5) is 14.0. The molecule has 2 heterocycles. The number of rotatable bonds is 4. The molecule has 9 heteroatoms. The number of sulfonamides is 1. The van der Waals surface area contributed by atoms with Crippen LogP contribution in [0.15, 0.2) is 63.9 Å². The molecule has 0 aliphatic carbocycles. The summed E-state index contributed by atoms with van der Waals surface area (Å²) in [6.07, 6.45) is 3.02. The molecule has 0 saturated carbocycles. The molecule has 4 rings (SSSR count). The summed E-state index contributed by atoms with van der Waals surface area (Å²) in [6.45, 7) is 0.776. The predicted molar refractivity (Wildman–Crippen MR) is 112 cm³/mol. The molecule has 0 bridgehead atoms. The van der Waals surface area contributed by atoms with E-state index >= 15 is 0 Å². The van der Waals surface area contributed by atoms with Crippen molar-refractivity contribution < 1.29 is 22.0 Å². The Kier molecular flexibility index (Phi) is 5.64. The van der Waals surface area contributed by atoms with Crippen molar-refractivity contribution in [1.29, 1.82) is 0 Å². The third kappa shape index (κ3) is 4.12. The molecule has 0 spiro atoms. The predicted octanol–water partition coefficient (Wildman–Crippen LogP) is 3.77. The van der Waals surface area contributed by atoms with E-state index in [0.717, 1.165) is 23.1 Å². The molecule has 0 N–H and O–H groups in total. The molecule has 30 heavy (non-hydrogen) atoms. The summed E-state index contributed by atoms with van der Waals surface area (Å²) in [5, 5.41) is 0.699. The van der Waals surface area contributed by atoms with Crippen LogP contribution >= 0.6 is 11.6 Å². The van der Waals surface area contributed by atoms with Crippen molar-refractivity contribution in [2.45, 2.75) is 4.90 Å². The number of benzene rings is 2. The number of hydrogen-bond acceptors (Lipinski definition) is 4. The zero-order valence-electron chi connectivity index (χ0n) is 15.8. The van der Waals surface area contributed by atoms with Crippen LogP contribution in [0.5, 0.6) is 0 Å². The minimum absolute atomic E-state index is 0.0709. The zero-order chi connectivity index (χ0) is 21.3. The lowest BCUT2D eigenvalue weighted by Crippen LogP contribution is -2.50. The standard InChI is InChI=1S/C21H18ClFN2O4S/c22-18-14-17(6-7-19(18)23)30(27,28)25-11-9-24(10-12-25)21(26)8-5-16-13-15-3-1-2-4-20(15)29-16/h1-8,13-14H,9-12H2/b8-5+. The van der Waals surface area contributed by atoms with Crippen molar-refractivity contribution in [3.8, 4) is 0 Å². The molecule has 156 valence electrons. The van der Waals surface area contributed by atoms with Gasteiger partial charge in [-0.05, 0) is 36.4 Å². The average molecular weight is 449 g/mol. The number of para-hydroxylation sites is 1. The van der Waals surface area contributed by atoms with Gasteiger partial charge in [-0.2, -0.15) is 4.31 Å². The second-order valence-electron chi connectivity index (χ2n) is 6.83. The van der Waals surface area contributed by atoms with Gasteiger partial charge in [-0.15, -0.1) is 0 Å². The average Bonchev–Trinajstić information content (AvgIpc) is 3.17. The largest absolute Gasteiger partial charge is 0.457 e. The van der Waals surface area contributed by atoms with E-state index in [4.69, 9.17) is 16.0 Å². The highest BCUT2D eigenvalue weighted by molar-refractivity contribution is 7.89. The molecule has 2 aromatic carbocycles. The highest BCUT2D eigenvalue weighted by Gasteiger charge is 2.30. The maximum Gasteiger partial charge on any atom is 0.246 e. The molecular formula is C21H18ClFN2O4S. The van der Waals surface area contributed by atoms with Crippen LogP contribution in [-0.4, -0.2) is 49.7 Å². The third-order valence-electron chi connectivity index (χ3n) is 4.91. The quantitative estimate of drug-likeness (QED) is 0.569. The van der Waals surface area contributed by atoms with Crippen LogP contribution in [0.25, 0.3) is 17.0 Å². The monoisotopic (exact) mass is 448 g/mol. The van der Waals surface area contributed by atoms with Crippen LogP contribution in [0.4, 0.5) is 4.39 Å². The van der Waals surface area contributed by atoms with Gasteiger partial charge in [0.2, 0.25) is 15.9 Å². The lowest BCUT2D eigenvalue weighted by Gasteiger charge is -2.33. The topological polar surface area (TPSA) is 70.8 Å². The molecule has 1 fully saturated rings. The Labute approximate surface area is 178 Å². The van der Waals surface area contributed by atoms with Gasteiger partial charge in [0.25, 0.3) is 0 Å². The van der Waals surface area contributed by atoms with Crippen molar-refractivity contribution in [3.05, 3.63) is 71.2 Å². The molecule has 0 atom stereocenters. The van der Waals surface area contributed by atoms with Gasteiger partial charge in [-0.1, -0.05) is 29.8 Å². The van der Waals surface area contributed by atoms with E-state index in [9.17, 15) is 17.6 Å². The Balaban J connectivity index is 1.39. The van der Waals surface area contributed by atoms with Gasteiger partial charge >= 0.3 is 0 Å². The Hall–Kier alpha value is -2.68. The molecule has 1 aliphatic rings. The number of carbonyl (C=O) groups excluding carboxylic acids is 1. The summed E-state index contributed by atoms with van der Waals surface area (Å²) in [5.41, 5.74) is 0.740. The molecule has 0 unspecified atom stereocenters. The smallest absolute Gasteiger partial charge is 0.246 e. The normalized spacial score (nSPS) is 15.9. The molecule has 0 radical (unpaired) electrons. The van der Waals surface area contributed by atoms with Gasteiger partial charge in [-0.3, -0.25) is 4.79 Å². The van der Waals surface area contributed by atoms with Crippen molar-refractivity contribution >= 4 is 44.6 Å². The molecular weight excluding hydrogens is 431 g/mol. The van der Waals surface area contributed by atoms with Gasteiger partial charge in [-0.25, -0.2) is 12.8 Å². The second kappa shape index (κ2) is 8.22. The van der Waals surface area contributed by atoms with E-state index < -0.39 is 15.8 Å². The second-order valence-corrected chi connectivity index (χ2v) is 9.17. The summed E-state index contributed by atoms with van der Waals surface area (Å²) in [7, 11) is -3.81. The van der Waals surface area contributed by atoms with Crippen molar-refractivity contribution in [2.24, 2.45) is 0 Å². The Morgan fingerprint density at radius 3 is 2.50 bits per heavy atom. The first kappa shape index (κ1) is 20.6. The first-order valence-corrected chi connectivity index (χ1v) is 11.1. The summed E-state index contributed by atoms with van der Waals surface area (Å²) in [6, 6.07) is 12.7. The molecule has 1 amide bonds. The maximum atomic E-state index is 13.3. The summed E-state index contributed by atoms with van der Waals surface area (Å²) >= 11 is 5.71. The van der Waals surface area contributed by atoms with Crippen LogP contribution < -0.4 is 0 Å². The minimum atomic E-state index is -3.81. The van der Waals surface area contributed by atoms with Gasteiger partial charge in [0.05, 0.1) is 9.92 Å². The van der Waals surface area contributed by atoms with E-state index in [1.54, 1.807) is 11.0 Å².